The van der Waals surface area contributed by atoms with E-state index in [4.69, 9.17) is 20.3 Å². The van der Waals surface area contributed by atoms with Crippen LogP contribution in [0.1, 0.15) is 69.3 Å². The normalized spacial score (nSPS) is 21.4. The molecule has 3 saturated heterocycles. The minimum absolute atomic E-state index is 0.187. The van der Waals surface area contributed by atoms with Crippen molar-refractivity contribution in [1.82, 2.24) is 24.5 Å². The van der Waals surface area contributed by atoms with E-state index < -0.39 is 11.5 Å². The van der Waals surface area contributed by atoms with E-state index in [2.05, 4.69) is 19.8 Å². The molecular weight excluding hydrogens is 618 g/mol. The van der Waals surface area contributed by atoms with Crippen LogP contribution in [-0.4, -0.2) is 100 Å². The summed E-state index contributed by atoms with van der Waals surface area (Å²) < 4.78 is 13.6. The van der Waals surface area contributed by atoms with Crippen molar-refractivity contribution in [3.63, 3.8) is 0 Å². The van der Waals surface area contributed by atoms with E-state index in [1.807, 2.05) is 80.3 Å². The van der Waals surface area contributed by atoms with E-state index in [9.17, 15) is 9.59 Å². The van der Waals surface area contributed by atoms with Crippen LogP contribution < -0.4 is 15.8 Å². The molecule has 4 aliphatic heterocycles. The number of nitrogens with one attached hydrogen (secondary N) is 1. The van der Waals surface area contributed by atoms with Gasteiger partial charge in [0, 0.05) is 43.7 Å². The summed E-state index contributed by atoms with van der Waals surface area (Å²) in [5, 5.41) is 8.51. The molecule has 1 aromatic heterocycles. The van der Waals surface area contributed by atoms with Crippen molar-refractivity contribution < 1.29 is 19.1 Å². The number of likely N-dealkylation sites (tertiary alicyclic amines) is 3. The first-order valence-corrected chi connectivity index (χ1v) is 18.0. The molecule has 11 nitrogen and oxygen atoms in total. The quantitative estimate of drug-likeness (QED) is 0.307. The van der Waals surface area contributed by atoms with Crippen LogP contribution >= 0.6 is 0 Å². The Morgan fingerprint density at radius 1 is 0.898 bits per heavy atom. The number of hydrogen-bond donors (Lipinski definition) is 2. The summed E-state index contributed by atoms with van der Waals surface area (Å²) in [5.41, 5.74) is 7.46. The van der Waals surface area contributed by atoms with Gasteiger partial charge in [-0.05, 0) is 121 Å². The molecule has 1 atom stereocenters. The van der Waals surface area contributed by atoms with E-state index in [0.29, 0.717) is 29.1 Å². The number of carbonyl (C=O) groups excluding carboxylic acids is 2. The number of rotatable bonds is 8. The molecule has 2 amide bonds. The monoisotopic (exact) mass is 669 g/mol. The third-order valence-electron chi connectivity index (χ3n) is 10.6. The summed E-state index contributed by atoms with van der Waals surface area (Å²) in [5.74, 6) is 2.82. The number of primary amides is 1. The smallest absolute Gasteiger partial charge is 0.410 e. The van der Waals surface area contributed by atoms with Crippen LogP contribution in [0, 0.1) is 11.8 Å². The number of anilines is 1. The minimum atomic E-state index is -0.465. The fourth-order valence-corrected chi connectivity index (χ4v) is 8.14. The molecule has 3 N–H and O–H groups in total. The average molecular weight is 670 g/mol. The van der Waals surface area contributed by atoms with Gasteiger partial charge in [0.1, 0.15) is 34.2 Å². The van der Waals surface area contributed by atoms with E-state index in [-0.39, 0.29) is 12.1 Å². The third-order valence-corrected chi connectivity index (χ3v) is 10.6. The van der Waals surface area contributed by atoms with Gasteiger partial charge in [-0.3, -0.25) is 4.79 Å². The molecule has 0 radical (unpaired) electrons. The first-order chi connectivity index (χ1) is 23.6. The number of ether oxygens (including phenoxy) is 2. The lowest BCUT2D eigenvalue weighted by Gasteiger charge is -2.46. The molecule has 11 heteroatoms. The van der Waals surface area contributed by atoms with Crippen molar-refractivity contribution in [3.05, 3.63) is 60.2 Å². The minimum Gasteiger partial charge on any atom is -0.457 e. The number of aromatic nitrogens is 2. The number of carbonyl (C=O) groups is 2. The summed E-state index contributed by atoms with van der Waals surface area (Å²) >= 11 is 0. The van der Waals surface area contributed by atoms with E-state index in [0.717, 1.165) is 94.5 Å². The standard InChI is InChI=1S/C38H51N7O4/c1-38(2,3)49-37(47)44-24-26(25-44)23-42-19-16-29(17-20-42)43-21-14-27(15-22-43)32-13-18-40-36-33(35(39)46)34(41-45(32)36)28-9-11-31(12-10-28)48-30-7-5-4-6-8-30/h4-12,26-27,29,32,40H,13-25H2,1-3H3,(H2,39,46)/t32-/m0/s1. The molecule has 3 aromatic rings. The number of nitrogens with two attached hydrogens (primary N) is 1. The predicted molar refractivity (Wildman–Crippen MR) is 190 cm³/mol. The molecule has 0 bridgehead atoms. The van der Waals surface area contributed by atoms with Gasteiger partial charge in [0.05, 0.1) is 6.04 Å². The van der Waals surface area contributed by atoms with Gasteiger partial charge in [-0.15, -0.1) is 0 Å². The number of para-hydroxylation sites is 1. The molecule has 0 spiro atoms. The Morgan fingerprint density at radius 2 is 1.57 bits per heavy atom. The van der Waals surface area contributed by atoms with Crippen LogP contribution in [0.25, 0.3) is 11.3 Å². The topological polar surface area (TPSA) is 118 Å². The molecule has 49 heavy (non-hydrogen) atoms. The summed E-state index contributed by atoms with van der Waals surface area (Å²) in [7, 11) is 0. The van der Waals surface area contributed by atoms with Crippen molar-refractivity contribution in [3.8, 4) is 22.8 Å². The Bertz CT molecular complexity index is 1600. The number of benzene rings is 2. The zero-order valence-electron chi connectivity index (χ0n) is 29.1. The summed E-state index contributed by atoms with van der Waals surface area (Å²) in [6.07, 6.45) is 5.44. The molecule has 2 aromatic carbocycles. The van der Waals surface area contributed by atoms with Gasteiger partial charge in [0.15, 0.2) is 0 Å². The Morgan fingerprint density at radius 3 is 2.22 bits per heavy atom. The Balaban J connectivity index is 0.925. The number of amides is 2. The summed E-state index contributed by atoms with van der Waals surface area (Å²) in [6.45, 7) is 13.7. The van der Waals surface area contributed by atoms with Crippen molar-refractivity contribution >= 4 is 17.8 Å². The van der Waals surface area contributed by atoms with Gasteiger partial charge in [0.2, 0.25) is 0 Å². The van der Waals surface area contributed by atoms with Crippen LogP contribution in [0.2, 0.25) is 0 Å². The molecule has 5 heterocycles. The fourth-order valence-electron chi connectivity index (χ4n) is 8.14. The van der Waals surface area contributed by atoms with Gasteiger partial charge >= 0.3 is 6.09 Å². The second kappa shape index (κ2) is 14.0. The Labute approximate surface area is 289 Å². The first kappa shape index (κ1) is 33.4. The molecule has 7 rings (SSSR count). The van der Waals surface area contributed by atoms with Crippen LogP contribution in [-0.2, 0) is 4.74 Å². The highest BCUT2D eigenvalue weighted by atomic mass is 16.6. The molecule has 262 valence electrons. The van der Waals surface area contributed by atoms with Gasteiger partial charge in [-0.1, -0.05) is 18.2 Å². The highest BCUT2D eigenvalue weighted by Crippen LogP contribution is 2.41. The second-order valence-corrected chi connectivity index (χ2v) is 15.3. The number of piperidine rings is 2. The van der Waals surface area contributed by atoms with Crippen molar-refractivity contribution in [2.24, 2.45) is 17.6 Å². The maximum absolute atomic E-state index is 12.8. The lowest BCUT2D eigenvalue weighted by atomic mass is 9.85. The summed E-state index contributed by atoms with van der Waals surface area (Å²) in [6, 6.07) is 18.2. The van der Waals surface area contributed by atoms with Gasteiger partial charge in [0.25, 0.3) is 5.91 Å². The molecule has 0 unspecified atom stereocenters. The van der Waals surface area contributed by atoms with E-state index >= 15 is 0 Å². The zero-order valence-corrected chi connectivity index (χ0v) is 29.1. The predicted octanol–water partition coefficient (Wildman–Crippen LogP) is 5.84. The second-order valence-electron chi connectivity index (χ2n) is 15.3. The number of nitrogens with zero attached hydrogens (tertiary/aromatic N) is 5. The largest absolute Gasteiger partial charge is 0.457 e. The highest BCUT2D eigenvalue weighted by Gasteiger charge is 2.38. The first-order valence-electron chi connectivity index (χ1n) is 18.0. The lowest BCUT2D eigenvalue weighted by molar-refractivity contribution is -0.00982. The molecule has 3 fully saturated rings. The van der Waals surface area contributed by atoms with Crippen molar-refractivity contribution in [1.29, 1.82) is 0 Å². The van der Waals surface area contributed by atoms with Gasteiger partial charge in [-0.25, -0.2) is 9.48 Å². The number of fused-ring (bicyclic) bond motifs is 1. The van der Waals surface area contributed by atoms with E-state index in [1.165, 1.54) is 12.8 Å². The SMILES string of the molecule is CC(C)(C)OC(=O)N1CC(CN2CCC(N3CCC([C@@H]4CCNc5c(C(N)=O)c(-c6ccc(Oc7ccccc7)cc6)nn54)CC3)CC2)C1. The maximum Gasteiger partial charge on any atom is 0.410 e. The Hall–Kier alpha value is -4.09. The van der Waals surface area contributed by atoms with Crippen LogP contribution in [0.3, 0.4) is 0 Å². The fraction of sp³-hybridized carbons (Fsp3) is 0.553. The van der Waals surface area contributed by atoms with Crippen LogP contribution in [0.15, 0.2) is 54.6 Å². The molecular formula is C38H51N7O4. The molecule has 0 aliphatic carbocycles. The van der Waals surface area contributed by atoms with Gasteiger partial charge in [-0.2, -0.15) is 5.10 Å². The van der Waals surface area contributed by atoms with E-state index in [1.54, 1.807) is 0 Å². The number of hydrogen-bond acceptors (Lipinski definition) is 8. The molecule has 0 saturated carbocycles. The maximum atomic E-state index is 12.8. The molecule has 4 aliphatic rings. The third kappa shape index (κ3) is 7.57. The highest BCUT2D eigenvalue weighted by molar-refractivity contribution is 6.03. The van der Waals surface area contributed by atoms with Crippen molar-refractivity contribution in [2.75, 3.05) is 57.7 Å². The Kier molecular flexibility index (Phi) is 9.57. The van der Waals surface area contributed by atoms with Crippen LogP contribution in [0.4, 0.5) is 10.6 Å². The van der Waals surface area contributed by atoms with Crippen molar-refractivity contribution in [2.45, 2.75) is 70.6 Å². The van der Waals surface area contributed by atoms with Gasteiger partial charge < -0.3 is 35.2 Å². The lowest BCUT2D eigenvalue weighted by Crippen LogP contribution is -2.56. The average Bonchev–Trinajstić information content (AvgIpc) is 3.47. The zero-order chi connectivity index (χ0) is 34.1. The van der Waals surface area contributed by atoms with Crippen LogP contribution in [0.5, 0.6) is 11.5 Å². The summed E-state index contributed by atoms with van der Waals surface area (Å²) in [4.78, 5) is 32.2.